The lowest BCUT2D eigenvalue weighted by molar-refractivity contribution is -0.146. The zero-order chi connectivity index (χ0) is 19.3. The molecule has 0 aromatic carbocycles. The van der Waals surface area contributed by atoms with Gasteiger partial charge in [-0.15, -0.1) is 0 Å². The van der Waals surface area contributed by atoms with Gasteiger partial charge in [0.2, 0.25) is 17.7 Å². The lowest BCUT2D eigenvalue weighted by Crippen LogP contribution is -2.60. The minimum atomic E-state index is -0.470. The molecular weight excluding hydrogens is 330 g/mol. The van der Waals surface area contributed by atoms with E-state index in [4.69, 9.17) is 0 Å². The summed E-state index contributed by atoms with van der Waals surface area (Å²) in [5.41, 5.74) is 0. The number of hydrogen-bond donors (Lipinski definition) is 1. The van der Waals surface area contributed by atoms with Crippen molar-refractivity contribution in [1.82, 2.24) is 15.1 Å². The van der Waals surface area contributed by atoms with Crippen LogP contribution in [-0.4, -0.2) is 59.2 Å². The molecule has 0 spiro atoms. The maximum absolute atomic E-state index is 13.1. The maximum Gasteiger partial charge on any atom is 0.245 e. The largest absolute Gasteiger partial charge is 0.344 e. The number of unbranched alkanes of at least 4 members (excludes halogenated alkanes) is 1. The number of nitrogens with one attached hydrogen (secondary N) is 1. The van der Waals surface area contributed by atoms with Gasteiger partial charge in [0, 0.05) is 38.0 Å². The highest BCUT2D eigenvalue weighted by atomic mass is 16.2. The number of rotatable bonds is 8. The predicted molar refractivity (Wildman–Crippen MR) is 101 cm³/mol. The van der Waals surface area contributed by atoms with Crippen LogP contribution in [-0.2, 0) is 14.4 Å². The number of hydrogen-bond acceptors (Lipinski definition) is 3. The third-order valence-electron chi connectivity index (χ3n) is 5.70. The first-order valence-corrected chi connectivity index (χ1v) is 10.3. The molecule has 0 radical (unpaired) electrons. The van der Waals surface area contributed by atoms with E-state index in [0.717, 1.165) is 32.1 Å². The lowest BCUT2D eigenvalue weighted by Gasteiger charge is -2.41. The molecule has 3 atom stereocenters. The molecule has 1 aliphatic carbocycles. The van der Waals surface area contributed by atoms with Crippen LogP contribution in [0.3, 0.4) is 0 Å². The van der Waals surface area contributed by atoms with Crippen LogP contribution >= 0.6 is 0 Å². The van der Waals surface area contributed by atoms with Crippen molar-refractivity contribution in [3.05, 3.63) is 0 Å². The van der Waals surface area contributed by atoms with Crippen molar-refractivity contribution in [3.63, 3.8) is 0 Å². The van der Waals surface area contributed by atoms with E-state index in [0.29, 0.717) is 26.1 Å². The van der Waals surface area contributed by atoms with Crippen LogP contribution in [0.4, 0.5) is 0 Å². The molecule has 2 rings (SSSR count). The quantitative estimate of drug-likeness (QED) is 0.717. The summed E-state index contributed by atoms with van der Waals surface area (Å²) in [6.07, 6.45) is 5.11. The third-order valence-corrected chi connectivity index (χ3v) is 5.70. The van der Waals surface area contributed by atoms with Gasteiger partial charge in [0.25, 0.3) is 0 Å². The molecule has 1 saturated heterocycles. The topological polar surface area (TPSA) is 69.7 Å². The zero-order valence-electron chi connectivity index (χ0n) is 16.8. The Morgan fingerprint density at radius 3 is 2.38 bits per heavy atom. The minimum Gasteiger partial charge on any atom is -0.344 e. The molecule has 2 aliphatic rings. The van der Waals surface area contributed by atoms with Gasteiger partial charge < -0.3 is 15.1 Å². The third kappa shape index (κ3) is 5.21. The number of carbonyl (C=O) groups is 3. The molecule has 1 aliphatic heterocycles. The summed E-state index contributed by atoms with van der Waals surface area (Å²) in [4.78, 5) is 41.4. The first-order valence-electron chi connectivity index (χ1n) is 10.3. The van der Waals surface area contributed by atoms with Crippen LogP contribution in [0, 0.1) is 11.8 Å². The van der Waals surface area contributed by atoms with E-state index < -0.39 is 6.04 Å². The molecule has 1 saturated carbocycles. The molecule has 2 fully saturated rings. The molecule has 1 N–H and O–H groups in total. The summed E-state index contributed by atoms with van der Waals surface area (Å²) >= 11 is 0. The second-order valence-corrected chi connectivity index (χ2v) is 7.97. The fraction of sp³-hybridized carbons (Fsp3) is 0.850. The summed E-state index contributed by atoms with van der Waals surface area (Å²) in [5, 5.41) is 2.97. The van der Waals surface area contributed by atoms with Gasteiger partial charge in [-0.25, -0.2) is 0 Å². The van der Waals surface area contributed by atoms with Gasteiger partial charge in [0.05, 0.1) is 0 Å². The minimum absolute atomic E-state index is 0.00503. The van der Waals surface area contributed by atoms with Crippen molar-refractivity contribution in [1.29, 1.82) is 0 Å². The smallest absolute Gasteiger partial charge is 0.245 e. The van der Waals surface area contributed by atoms with E-state index in [2.05, 4.69) is 5.32 Å². The highest BCUT2D eigenvalue weighted by Crippen LogP contribution is 2.32. The molecule has 6 nitrogen and oxygen atoms in total. The van der Waals surface area contributed by atoms with Gasteiger partial charge in [0.15, 0.2) is 0 Å². The molecule has 26 heavy (non-hydrogen) atoms. The SMILES string of the molecule is CCCCC(=O)NC(C(=O)N1CCN(C(=O)C2CC2)C(C)C1)C(C)CC. The Balaban J connectivity index is 1.96. The molecule has 3 amide bonds. The van der Waals surface area contributed by atoms with E-state index >= 15 is 0 Å². The lowest BCUT2D eigenvalue weighted by atomic mass is 9.96. The molecule has 0 aromatic heterocycles. The highest BCUT2D eigenvalue weighted by molar-refractivity contribution is 5.88. The Bertz CT molecular complexity index is 518. The van der Waals surface area contributed by atoms with Crippen LogP contribution in [0.5, 0.6) is 0 Å². The number of nitrogens with zero attached hydrogens (tertiary/aromatic N) is 2. The summed E-state index contributed by atoms with van der Waals surface area (Å²) in [7, 11) is 0. The second kappa shape index (κ2) is 9.38. The Morgan fingerprint density at radius 1 is 1.15 bits per heavy atom. The van der Waals surface area contributed by atoms with E-state index in [1.165, 1.54) is 0 Å². The van der Waals surface area contributed by atoms with Crippen molar-refractivity contribution in [2.75, 3.05) is 19.6 Å². The van der Waals surface area contributed by atoms with Crippen LogP contribution < -0.4 is 5.32 Å². The first kappa shape index (κ1) is 20.7. The van der Waals surface area contributed by atoms with Gasteiger partial charge in [-0.1, -0.05) is 33.6 Å². The molecule has 148 valence electrons. The van der Waals surface area contributed by atoms with Gasteiger partial charge in [-0.3, -0.25) is 14.4 Å². The number of carbonyl (C=O) groups excluding carboxylic acids is 3. The maximum atomic E-state index is 13.1. The van der Waals surface area contributed by atoms with Crippen LogP contribution in [0.25, 0.3) is 0 Å². The van der Waals surface area contributed by atoms with Crippen molar-refractivity contribution in [3.8, 4) is 0 Å². The van der Waals surface area contributed by atoms with Gasteiger partial charge in [0.1, 0.15) is 6.04 Å². The van der Waals surface area contributed by atoms with E-state index in [9.17, 15) is 14.4 Å². The standard InChI is InChI=1S/C20H35N3O3/c1-5-7-8-17(24)21-18(14(3)6-2)20(26)22-11-12-23(15(4)13-22)19(25)16-9-10-16/h14-16,18H,5-13H2,1-4H3,(H,21,24). The van der Waals surface area contributed by atoms with E-state index in [1.54, 1.807) is 0 Å². The van der Waals surface area contributed by atoms with Crippen LogP contribution in [0.1, 0.15) is 66.2 Å². The highest BCUT2D eigenvalue weighted by Gasteiger charge is 2.39. The molecular formula is C20H35N3O3. The molecule has 6 heteroatoms. The van der Waals surface area contributed by atoms with Crippen molar-refractivity contribution in [2.45, 2.75) is 78.3 Å². The van der Waals surface area contributed by atoms with Gasteiger partial charge in [-0.05, 0) is 32.1 Å². The number of piperazine rings is 1. The zero-order valence-corrected chi connectivity index (χ0v) is 16.8. The molecule has 0 bridgehead atoms. The summed E-state index contributed by atoms with van der Waals surface area (Å²) in [5.74, 6) is 0.506. The fourth-order valence-electron chi connectivity index (χ4n) is 3.51. The van der Waals surface area contributed by atoms with Gasteiger partial charge in [-0.2, -0.15) is 0 Å². The summed E-state index contributed by atoms with van der Waals surface area (Å²) in [6, 6.07) is -0.434. The Kier molecular flexibility index (Phi) is 7.47. The molecule has 0 aromatic rings. The van der Waals surface area contributed by atoms with Crippen LogP contribution in [0.2, 0.25) is 0 Å². The summed E-state index contributed by atoms with van der Waals surface area (Å²) in [6.45, 7) is 9.82. The molecule has 1 heterocycles. The van der Waals surface area contributed by atoms with Gasteiger partial charge >= 0.3 is 0 Å². The Hall–Kier alpha value is -1.59. The van der Waals surface area contributed by atoms with E-state index in [-0.39, 0.29) is 35.6 Å². The van der Waals surface area contributed by atoms with Crippen molar-refractivity contribution >= 4 is 17.7 Å². The average Bonchev–Trinajstić information content (AvgIpc) is 3.47. The number of amides is 3. The second-order valence-electron chi connectivity index (χ2n) is 7.97. The summed E-state index contributed by atoms with van der Waals surface area (Å²) < 4.78 is 0. The monoisotopic (exact) mass is 365 g/mol. The van der Waals surface area contributed by atoms with Crippen molar-refractivity contribution < 1.29 is 14.4 Å². The fourth-order valence-corrected chi connectivity index (χ4v) is 3.51. The normalized spacial score (nSPS) is 22.7. The predicted octanol–water partition coefficient (Wildman–Crippen LogP) is 2.18. The average molecular weight is 366 g/mol. The Labute approximate surface area is 157 Å². The Morgan fingerprint density at radius 2 is 1.85 bits per heavy atom. The van der Waals surface area contributed by atoms with Crippen molar-refractivity contribution in [2.24, 2.45) is 11.8 Å². The van der Waals surface area contributed by atoms with E-state index in [1.807, 2.05) is 37.5 Å². The first-order chi connectivity index (χ1) is 12.4. The van der Waals surface area contributed by atoms with Crippen LogP contribution in [0.15, 0.2) is 0 Å². The molecule has 3 unspecified atom stereocenters.